The van der Waals surface area contributed by atoms with Crippen LogP contribution in [0.15, 0.2) is 23.6 Å². The monoisotopic (exact) mass is 304 g/mol. The predicted molar refractivity (Wildman–Crippen MR) is 84.2 cm³/mol. The minimum absolute atomic E-state index is 0.0194. The molecule has 0 radical (unpaired) electrons. The van der Waals surface area contributed by atoms with Gasteiger partial charge >= 0.3 is 0 Å². The van der Waals surface area contributed by atoms with Crippen molar-refractivity contribution >= 4 is 17.2 Å². The number of carbonyl (C=O) groups is 1. The van der Waals surface area contributed by atoms with Crippen LogP contribution in [0.1, 0.15) is 30.8 Å². The first kappa shape index (κ1) is 14.3. The predicted octanol–water partition coefficient (Wildman–Crippen LogP) is 2.34. The average Bonchev–Trinajstić information content (AvgIpc) is 3.10. The first-order valence-corrected chi connectivity index (χ1v) is 7.99. The fourth-order valence-corrected chi connectivity index (χ4v) is 3.39. The maximum Gasteiger partial charge on any atom is 0.274 e. The fourth-order valence-electron chi connectivity index (χ4n) is 2.70. The highest BCUT2D eigenvalue weighted by Gasteiger charge is 2.36. The van der Waals surface area contributed by atoms with E-state index in [1.54, 1.807) is 11.3 Å². The van der Waals surface area contributed by atoms with Crippen molar-refractivity contribution in [3.8, 4) is 10.6 Å². The van der Waals surface area contributed by atoms with Crippen molar-refractivity contribution in [2.24, 2.45) is 11.1 Å². The van der Waals surface area contributed by atoms with E-state index in [-0.39, 0.29) is 17.4 Å². The number of nitrogens with one attached hydrogen (secondary N) is 1. The molecule has 0 aliphatic carbocycles. The summed E-state index contributed by atoms with van der Waals surface area (Å²) in [6.45, 7) is 5.59. The Morgan fingerprint density at radius 3 is 3.05 bits per heavy atom. The number of H-pyrrole nitrogens is 1. The molecule has 1 aliphatic rings. The Balaban J connectivity index is 1.77. The molecule has 1 amide bonds. The van der Waals surface area contributed by atoms with Gasteiger partial charge in [0, 0.05) is 19.1 Å². The lowest BCUT2D eigenvalue weighted by Crippen LogP contribution is -2.54. The summed E-state index contributed by atoms with van der Waals surface area (Å²) in [5, 5.41) is 9.13. The Morgan fingerprint density at radius 1 is 1.57 bits per heavy atom. The zero-order chi connectivity index (χ0) is 15.0. The number of rotatable bonds is 2. The van der Waals surface area contributed by atoms with Crippen molar-refractivity contribution in [2.75, 3.05) is 13.1 Å². The Labute approximate surface area is 128 Å². The van der Waals surface area contributed by atoms with Crippen molar-refractivity contribution in [2.45, 2.75) is 26.3 Å². The Morgan fingerprint density at radius 2 is 2.38 bits per heavy atom. The van der Waals surface area contributed by atoms with Crippen molar-refractivity contribution in [3.05, 3.63) is 29.3 Å². The number of hydrogen-bond acceptors (Lipinski definition) is 4. The molecule has 5 nitrogen and oxygen atoms in total. The van der Waals surface area contributed by atoms with Crippen molar-refractivity contribution in [3.63, 3.8) is 0 Å². The molecule has 1 aliphatic heterocycles. The maximum atomic E-state index is 12.6. The summed E-state index contributed by atoms with van der Waals surface area (Å²) < 4.78 is 0. The van der Waals surface area contributed by atoms with Gasteiger partial charge in [0.1, 0.15) is 0 Å². The zero-order valence-corrected chi connectivity index (χ0v) is 13.1. The topological polar surface area (TPSA) is 75.0 Å². The number of thiophene rings is 1. The molecule has 0 aromatic carbocycles. The molecule has 1 saturated heterocycles. The SMILES string of the molecule is CC1(C)CN(C(=O)c2cc(-c3cccs3)[nH]n2)CCC1N. The van der Waals surface area contributed by atoms with Crippen molar-refractivity contribution < 1.29 is 4.79 Å². The number of piperidine rings is 1. The van der Waals surface area contributed by atoms with Gasteiger partial charge in [0.25, 0.3) is 5.91 Å². The van der Waals surface area contributed by atoms with E-state index in [4.69, 9.17) is 5.73 Å². The van der Waals surface area contributed by atoms with E-state index in [9.17, 15) is 4.79 Å². The van der Waals surface area contributed by atoms with Gasteiger partial charge in [0.2, 0.25) is 0 Å². The first-order chi connectivity index (χ1) is 9.97. The van der Waals surface area contributed by atoms with E-state index >= 15 is 0 Å². The highest BCUT2D eigenvalue weighted by atomic mass is 32.1. The summed E-state index contributed by atoms with van der Waals surface area (Å²) >= 11 is 1.62. The van der Waals surface area contributed by atoms with Crippen LogP contribution in [0.5, 0.6) is 0 Å². The third-order valence-electron chi connectivity index (χ3n) is 4.18. The average molecular weight is 304 g/mol. The van der Waals surface area contributed by atoms with Gasteiger partial charge in [-0.25, -0.2) is 0 Å². The molecule has 0 bridgehead atoms. The summed E-state index contributed by atoms with van der Waals surface area (Å²) in [5.41, 5.74) is 7.44. The van der Waals surface area contributed by atoms with Gasteiger partial charge in [0.15, 0.2) is 5.69 Å². The largest absolute Gasteiger partial charge is 0.337 e. The van der Waals surface area contributed by atoms with Gasteiger partial charge in [-0.15, -0.1) is 11.3 Å². The van der Waals surface area contributed by atoms with E-state index in [0.717, 1.165) is 17.0 Å². The second-order valence-corrected chi connectivity index (χ2v) is 7.20. The number of carbonyl (C=O) groups excluding carboxylic acids is 1. The van der Waals surface area contributed by atoms with Crippen LogP contribution >= 0.6 is 11.3 Å². The van der Waals surface area contributed by atoms with Gasteiger partial charge in [-0.1, -0.05) is 19.9 Å². The number of aromatic nitrogens is 2. The van der Waals surface area contributed by atoms with Crippen molar-refractivity contribution in [1.82, 2.24) is 15.1 Å². The van der Waals surface area contributed by atoms with E-state index in [0.29, 0.717) is 18.8 Å². The molecule has 1 atom stereocenters. The molecule has 0 saturated carbocycles. The number of amides is 1. The Hall–Kier alpha value is -1.66. The number of hydrogen-bond donors (Lipinski definition) is 2. The van der Waals surface area contributed by atoms with Crippen LogP contribution in [-0.2, 0) is 0 Å². The highest BCUT2D eigenvalue weighted by molar-refractivity contribution is 7.13. The quantitative estimate of drug-likeness (QED) is 0.894. The normalized spacial score (nSPS) is 21.5. The Kier molecular flexibility index (Phi) is 3.59. The van der Waals surface area contributed by atoms with Crippen LogP contribution < -0.4 is 5.73 Å². The maximum absolute atomic E-state index is 12.6. The zero-order valence-electron chi connectivity index (χ0n) is 12.3. The van der Waals surface area contributed by atoms with Crippen LogP contribution in [0.3, 0.4) is 0 Å². The lowest BCUT2D eigenvalue weighted by molar-refractivity contribution is 0.0527. The minimum atomic E-state index is -0.0548. The molecule has 0 spiro atoms. The molecule has 1 fully saturated rings. The van der Waals surface area contributed by atoms with E-state index in [2.05, 4.69) is 24.0 Å². The van der Waals surface area contributed by atoms with Gasteiger partial charge in [-0.05, 0) is 29.3 Å². The molecule has 112 valence electrons. The second kappa shape index (κ2) is 5.27. The van der Waals surface area contributed by atoms with Gasteiger partial charge in [-0.2, -0.15) is 5.10 Å². The van der Waals surface area contributed by atoms with Crippen LogP contribution in [0.4, 0.5) is 0 Å². The molecular weight excluding hydrogens is 284 g/mol. The summed E-state index contributed by atoms with van der Waals surface area (Å²) in [5.74, 6) is -0.0194. The Bertz CT molecular complexity index is 632. The summed E-state index contributed by atoms with van der Waals surface area (Å²) in [4.78, 5) is 15.5. The van der Waals surface area contributed by atoms with Gasteiger partial charge < -0.3 is 10.6 Å². The summed E-state index contributed by atoms with van der Waals surface area (Å²) in [7, 11) is 0. The molecular formula is C15H20N4OS. The van der Waals surface area contributed by atoms with Crippen LogP contribution in [-0.4, -0.2) is 40.1 Å². The van der Waals surface area contributed by atoms with Crippen LogP contribution in [0, 0.1) is 5.41 Å². The molecule has 6 heteroatoms. The third kappa shape index (κ3) is 2.73. The summed E-state index contributed by atoms with van der Waals surface area (Å²) in [6, 6.07) is 5.96. The molecule has 21 heavy (non-hydrogen) atoms. The lowest BCUT2D eigenvalue weighted by Gasteiger charge is -2.42. The van der Waals surface area contributed by atoms with Crippen molar-refractivity contribution in [1.29, 1.82) is 0 Å². The first-order valence-electron chi connectivity index (χ1n) is 7.11. The molecule has 3 rings (SSSR count). The molecule has 2 aromatic heterocycles. The molecule has 3 N–H and O–H groups in total. The molecule has 1 unspecified atom stereocenters. The molecule has 2 aromatic rings. The number of aromatic amines is 1. The van der Waals surface area contributed by atoms with Gasteiger partial charge in [-0.3, -0.25) is 9.89 Å². The number of nitrogens with two attached hydrogens (primary N) is 1. The standard InChI is InChI=1S/C15H20N4OS/c1-15(2)9-19(6-5-13(15)16)14(20)11-8-10(17-18-11)12-4-3-7-21-12/h3-4,7-8,13H,5-6,9,16H2,1-2H3,(H,17,18). The van der Waals surface area contributed by atoms with Crippen LogP contribution in [0.2, 0.25) is 0 Å². The van der Waals surface area contributed by atoms with E-state index in [1.165, 1.54) is 0 Å². The number of nitrogens with zero attached hydrogens (tertiary/aromatic N) is 2. The van der Waals surface area contributed by atoms with E-state index in [1.807, 2.05) is 28.5 Å². The minimum Gasteiger partial charge on any atom is -0.337 e. The number of likely N-dealkylation sites (tertiary alicyclic amines) is 1. The van der Waals surface area contributed by atoms with E-state index < -0.39 is 0 Å². The smallest absolute Gasteiger partial charge is 0.274 e. The summed E-state index contributed by atoms with van der Waals surface area (Å²) in [6.07, 6.45) is 0.834. The fraction of sp³-hybridized carbons (Fsp3) is 0.467. The van der Waals surface area contributed by atoms with Gasteiger partial charge in [0.05, 0.1) is 10.6 Å². The second-order valence-electron chi connectivity index (χ2n) is 6.25. The molecule has 3 heterocycles. The lowest BCUT2D eigenvalue weighted by atomic mass is 9.79. The highest BCUT2D eigenvalue weighted by Crippen LogP contribution is 2.29. The van der Waals surface area contributed by atoms with Crippen LogP contribution in [0.25, 0.3) is 10.6 Å². The third-order valence-corrected chi connectivity index (χ3v) is 5.09.